The van der Waals surface area contributed by atoms with Crippen LogP contribution in [0.15, 0.2) is 30.3 Å². The van der Waals surface area contributed by atoms with Gasteiger partial charge in [0.2, 0.25) is 0 Å². The van der Waals surface area contributed by atoms with Crippen molar-refractivity contribution in [3.8, 4) is 17.6 Å². The van der Waals surface area contributed by atoms with Gasteiger partial charge in [-0.05, 0) is 31.4 Å². The number of benzene rings is 2. The molecule has 1 saturated heterocycles. The number of alkyl halides is 3. The molecule has 2 aliphatic rings. The molecule has 2 aliphatic heterocycles. The molecule has 0 spiro atoms. The highest BCUT2D eigenvalue weighted by molar-refractivity contribution is 5.82. The number of nitriles is 1. The Morgan fingerprint density at radius 2 is 2.07 bits per heavy atom. The van der Waals surface area contributed by atoms with Crippen LogP contribution < -0.4 is 15.0 Å². The molecule has 156 valence electrons. The van der Waals surface area contributed by atoms with Crippen LogP contribution in [0, 0.1) is 24.1 Å². The van der Waals surface area contributed by atoms with Gasteiger partial charge in [0, 0.05) is 30.3 Å². The minimum atomic E-state index is -4.96. The van der Waals surface area contributed by atoms with E-state index in [9.17, 15) is 22.4 Å². The highest BCUT2D eigenvalue weighted by atomic mass is 19.4. The Kier molecular flexibility index (Phi) is 4.80. The number of carbonyl (C=O) groups excluding carboxylic acids is 1. The van der Waals surface area contributed by atoms with Crippen molar-refractivity contribution in [3.63, 3.8) is 0 Å². The number of piperidine rings is 1. The Balaban J connectivity index is 1.77. The molecular formula is C21H17F4N3O2. The van der Waals surface area contributed by atoms with Gasteiger partial charge in [-0.2, -0.15) is 18.4 Å². The number of fused-ring (bicyclic) bond motifs is 5. The number of hydrogen-bond donors (Lipinski definition) is 1. The molecule has 0 saturated carbocycles. The first-order valence-corrected chi connectivity index (χ1v) is 9.34. The maximum absolute atomic E-state index is 14.4. The Morgan fingerprint density at radius 1 is 1.30 bits per heavy atom. The molecule has 5 nitrogen and oxygen atoms in total. The quantitative estimate of drug-likeness (QED) is 0.692. The van der Waals surface area contributed by atoms with Crippen LogP contribution in [0.2, 0.25) is 0 Å². The van der Waals surface area contributed by atoms with Gasteiger partial charge >= 0.3 is 12.1 Å². The van der Waals surface area contributed by atoms with Crippen LogP contribution in [0.5, 0.6) is 11.5 Å². The molecule has 2 atom stereocenters. The summed E-state index contributed by atoms with van der Waals surface area (Å²) in [4.78, 5) is 13.3. The zero-order valence-corrected chi connectivity index (χ0v) is 15.9. The smallest absolute Gasteiger partial charge is 0.455 e. The van der Waals surface area contributed by atoms with Crippen LogP contribution in [0.25, 0.3) is 0 Å². The Hall–Kier alpha value is -3.28. The first-order chi connectivity index (χ1) is 14.2. The molecule has 1 N–H and O–H groups in total. The Labute approximate surface area is 169 Å². The highest BCUT2D eigenvalue weighted by Gasteiger charge is 2.42. The molecule has 4 rings (SSSR count). The first kappa shape index (κ1) is 20.0. The third kappa shape index (κ3) is 3.43. The fraction of sp³-hybridized carbons (Fsp3) is 0.333. The van der Waals surface area contributed by atoms with Crippen LogP contribution in [0.1, 0.15) is 35.6 Å². The van der Waals surface area contributed by atoms with Gasteiger partial charge in [0.15, 0.2) is 5.75 Å². The van der Waals surface area contributed by atoms with E-state index in [1.54, 1.807) is 18.2 Å². The van der Waals surface area contributed by atoms with Gasteiger partial charge in [-0.1, -0.05) is 12.1 Å². The summed E-state index contributed by atoms with van der Waals surface area (Å²) in [5.74, 6) is -1.88. The number of nitrogens with zero attached hydrogens (tertiary/aromatic N) is 2. The second kappa shape index (κ2) is 7.20. The summed E-state index contributed by atoms with van der Waals surface area (Å²) >= 11 is 0. The molecule has 30 heavy (non-hydrogen) atoms. The molecule has 0 unspecified atom stereocenters. The van der Waals surface area contributed by atoms with Gasteiger partial charge in [-0.15, -0.1) is 0 Å². The van der Waals surface area contributed by atoms with Gasteiger partial charge in [-0.25, -0.2) is 4.39 Å². The summed E-state index contributed by atoms with van der Waals surface area (Å²) in [6, 6.07) is 8.58. The molecule has 2 aromatic rings. The summed E-state index contributed by atoms with van der Waals surface area (Å²) in [6.45, 7) is 2.14. The normalized spacial score (nSPS) is 20.1. The number of carbonyl (C=O) groups is 1. The summed E-state index contributed by atoms with van der Waals surface area (Å²) in [6.07, 6.45) is -4.51. The predicted molar refractivity (Wildman–Crippen MR) is 99.7 cm³/mol. The minimum Gasteiger partial charge on any atom is -0.455 e. The van der Waals surface area contributed by atoms with Crippen molar-refractivity contribution in [2.45, 2.75) is 38.0 Å². The summed E-state index contributed by atoms with van der Waals surface area (Å²) in [5.41, 5.74) is 1.89. The number of amides is 1. The van der Waals surface area contributed by atoms with Gasteiger partial charge in [-0.3, -0.25) is 4.79 Å². The number of hydrogen-bond acceptors (Lipinski definition) is 4. The second-order valence-electron chi connectivity index (χ2n) is 7.40. The molecule has 0 bridgehead atoms. The van der Waals surface area contributed by atoms with Gasteiger partial charge in [0.05, 0.1) is 17.3 Å². The van der Waals surface area contributed by atoms with E-state index in [0.29, 0.717) is 17.2 Å². The lowest BCUT2D eigenvalue weighted by Gasteiger charge is -2.41. The van der Waals surface area contributed by atoms with Crippen molar-refractivity contribution in [2.24, 2.45) is 0 Å². The zero-order chi connectivity index (χ0) is 21.6. The monoisotopic (exact) mass is 419 g/mol. The number of rotatable bonds is 1. The first-order valence-electron chi connectivity index (χ1n) is 9.34. The molecule has 0 aromatic heterocycles. The summed E-state index contributed by atoms with van der Waals surface area (Å²) in [5, 5.41) is 11.2. The standard InChI is InChI=1S/C21H17F4N3O2/c1-11-3-2-4-17-19(11)16-8-13(27-20(29)21(23,24)25)5-6-28(16)15-9-14(22)12(10-26)7-18(15)30-17/h2-4,7,9,13,16H,5-6,8H2,1H3,(H,27,29)/t13-,16-/m0/s1. The van der Waals surface area contributed by atoms with E-state index in [-0.39, 0.29) is 24.9 Å². The summed E-state index contributed by atoms with van der Waals surface area (Å²) in [7, 11) is 0. The van der Waals surface area contributed by atoms with Crippen LogP contribution in [0.3, 0.4) is 0 Å². The van der Waals surface area contributed by atoms with Crippen molar-refractivity contribution in [2.75, 3.05) is 11.4 Å². The minimum absolute atomic E-state index is 0.159. The highest BCUT2D eigenvalue weighted by Crippen LogP contribution is 2.49. The average molecular weight is 419 g/mol. The number of halogens is 4. The lowest BCUT2D eigenvalue weighted by atomic mass is 9.88. The molecule has 0 aliphatic carbocycles. The van der Waals surface area contributed by atoms with E-state index in [2.05, 4.69) is 5.32 Å². The molecular weight excluding hydrogens is 402 g/mol. The SMILES string of the molecule is Cc1cccc2c1[C@@H]1C[C@@H](NC(=O)C(F)(F)F)CCN1c1cc(F)c(C#N)cc1O2. The number of anilines is 1. The van der Waals surface area contributed by atoms with E-state index in [1.165, 1.54) is 12.1 Å². The molecule has 9 heteroatoms. The number of nitrogens with one attached hydrogen (secondary N) is 1. The fourth-order valence-electron chi connectivity index (χ4n) is 4.15. The summed E-state index contributed by atoms with van der Waals surface area (Å²) < 4.78 is 58.5. The van der Waals surface area contributed by atoms with Crippen molar-refractivity contribution < 1.29 is 27.1 Å². The third-order valence-electron chi connectivity index (χ3n) is 5.51. The number of ether oxygens (including phenoxy) is 1. The molecule has 2 aromatic carbocycles. The number of aryl methyl sites for hydroxylation is 1. The maximum Gasteiger partial charge on any atom is 0.471 e. The van der Waals surface area contributed by atoms with E-state index in [4.69, 9.17) is 10.00 Å². The lowest BCUT2D eigenvalue weighted by Crippen LogP contribution is -2.49. The predicted octanol–water partition coefficient (Wildman–Crippen LogP) is 4.50. The molecule has 2 heterocycles. The molecule has 1 fully saturated rings. The van der Waals surface area contributed by atoms with Crippen LogP contribution >= 0.6 is 0 Å². The Morgan fingerprint density at radius 3 is 2.77 bits per heavy atom. The second-order valence-corrected chi connectivity index (χ2v) is 7.40. The van der Waals surface area contributed by atoms with Crippen molar-refractivity contribution in [1.29, 1.82) is 5.26 Å². The largest absolute Gasteiger partial charge is 0.471 e. The van der Waals surface area contributed by atoms with Gasteiger partial charge in [0.25, 0.3) is 0 Å². The zero-order valence-electron chi connectivity index (χ0n) is 15.9. The van der Waals surface area contributed by atoms with Gasteiger partial charge < -0.3 is 15.0 Å². The third-order valence-corrected chi connectivity index (χ3v) is 5.51. The molecule has 1 amide bonds. The van der Waals surface area contributed by atoms with Crippen molar-refractivity contribution in [1.82, 2.24) is 5.32 Å². The average Bonchev–Trinajstić information content (AvgIpc) is 2.81. The van der Waals surface area contributed by atoms with E-state index in [1.807, 2.05) is 17.9 Å². The van der Waals surface area contributed by atoms with E-state index >= 15 is 0 Å². The van der Waals surface area contributed by atoms with Crippen LogP contribution in [0.4, 0.5) is 23.2 Å². The van der Waals surface area contributed by atoms with E-state index in [0.717, 1.165) is 11.1 Å². The van der Waals surface area contributed by atoms with Gasteiger partial charge in [0.1, 0.15) is 17.6 Å². The maximum atomic E-state index is 14.4. The molecule has 0 radical (unpaired) electrons. The lowest BCUT2D eigenvalue weighted by molar-refractivity contribution is -0.174. The van der Waals surface area contributed by atoms with Crippen molar-refractivity contribution in [3.05, 3.63) is 52.8 Å². The van der Waals surface area contributed by atoms with Crippen LogP contribution in [-0.2, 0) is 4.79 Å². The van der Waals surface area contributed by atoms with Crippen molar-refractivity contribution >= 4 is 11.6 Å². The van der Waals surface area contributed by atoms with Crippen LogP contribution in [-0.4, -0.2) is 24.7 Å². The Bertz CT molecular complexity index is 1060. The fourth-order valence-corrected chi connectivity index (χ4v) is 4.15. The van der Waals surface area contributed by atoms with E-state index < -0.39 is 30.0 Å². The topological polar surface area (TPSA) is 65.4 Å².